The van der Waals surface area contributed by atoms with Crippen LogP contribution in [0.3, 0.4) is 0 Å². The van der Waals surface area contributed by atoms with Gasteiger partial charge in [-0.15, -0.1) is 0 Å². The SMILES string of the molecule is CCCCCCCCCCCCCCCCCCCC(=O)C(O)C(O)CO. The molecule has 0 heterocycles. The zero-order chi connectivity index (χ0) is 20.2. The van der Waals surface area contributed by atoms with E-state index in [0.717, 1.165) is 19.3 Å². The van der Waals surface area contributed by atoms with Crippen molar-refractivity contribution in [2.24, 2.45) is 0 Å². The fourth-order valence-electron chi connectivity index (χ4n) is 3.49. The molecule has 2 atom stereocenters. The van der Waals surface area contributed by atoms with Crippen molar-refractivity contribution >= 4 is 5.78 Å². The molecule has 0 saturated heterocycles. The van der Waals surface area contributed by atoms with Crippen LogP contribution in [0.5, 0.6) is 0 Å². The van der Waals surface area contributed by atoms with Crippen LogP contribution in [-0.4, -0.2) is 39.9 Å². The standard InChI is InChI=1S/C23H46O4/c1-2-3-4-5-6-7-8-9-10-11-12-13-14-15-16-17-18-19-21(25)23(27)22(26)20-24/h22-24,26-27H,2-20H2,1H3. The Morgan fingerprint density at radius 1 is 0.630 bits per heavy atom. The van der Waals surface area contributed by atoms with Crippen molar-refractivity contribution in [1.29, 1.82) is 0 Å². The van der Waals surface area contributed by atoms with Crippen molar-refractivity contribution in [3.63, 3.8) is 0 Å². The van der Waals surface area contributed by atoms with Crippen LogP contribution in [0.25, 0.3) is 0 Å². The highest BCUT2D eigenvalue weighted by Crippen LogP contribution is 2.14. The Bertz CT molecular complexity index is 320. The summed E-state index contributed by atoms with van der Waals surface area (Å²) in [5.41, 5.74) is 0. The van der Waals surface area contributed by atoms with Crippen molar-refractivity contribution in [1.82, 2.24) is 0 Å². The maximum atomic E-state index is 11.6. The lowest BCUT2D eigenvalue weighted by Gasteiger charge is -2.13. The number of unbranched alkanes of at least 4 members (excludes halogenated alkanes) is 16. The van der Waals surface area contributed by atoms with Gasteiger partial charge in [-0.05, 0) is 6.42 Å². The zero-order valence-electron chi connectivity index (χ0n) is 17.8. The smallest absolute Gasteiger partial charge is 0.164 e. The Morgan fingerprint density at radius 2 is 0.963 bits per heavy atom. The van der Waals surface area contributed by atoms with Gasteiger partial charge in [0.25, 0.3) is 0 Å². The summed E-state index contributed by atoms with van der Waals surface area (Å²) < 4.78 is 0. The van der Waals surface area contributed by atoms with Crippen LogP contribution in [0, 0.1) is 0 Å². The molecule has 0 fully saturated rings. The van der Waals surface area contributed by atoms with Gasteiger partial charge in [0.05, 0.1) is 6.61 Å². The Balaban J connectivity index is 3.20. The number of rotatable bonds is 21. The maximum absolute atomic E-state index is 11.6. The van der Waals surface area contributed by atoms with Gasteiger partial charge < -0.3 is 15.3 Å². The topological polar surface area (TPSA) is 77.8 Å². The summed E-state index contributed by atoms with van der Waals surface area (Å²) >= 11 is 0. The average Bonchev–Trinajstić information content (AvgIpc) is 2.68. The van der Waals surface area contributed by atoms with Crippen LogP contribution in [-0.2, 0) is 4.79 Å². The Hall–Kier alpha value is -0.450. The van der Waals surface area contributed by atoms with Gasteiger partial charge in [-0.2, -0.15) is 0 Å². The minimum absolute atomic E-state index is 0.289. The molecule has 0 aliphatic carbocycles. The third-order valence-corrected chi connectivity index (χ3v) is 5.41. The molecule has 162 valence electrons. The summed E-state index contributed by atoms with van der Waals surface area (Å²) in [7, 11) is 0. The summed E-state index contributed by atoms with van der Waals surface area (Å²) in [4.78, 5) is 11.6. The lowest BCUT2D eigenvalue weighted by Crippen LogP contribution is -2.36. The molecule has 0 aromatic rings. The maximum Gasteiger partial charge on any atom is 0.164 e. The lowest BCUT2D eigenvalue weighted by atomic mass is 10.0. The van der Waals surface area contributed by atoms with E-state index in [1.165, 1.54) is 89.9 Å². The van der Waals surface area contributed by atoms with Crippen LogP contribution < -0.4 is 0 Å². The van der Waals surface area contributed by atoms with Gasteiger partial charge in [-0.25, -0.2) is 0 Å². The Labute approximate surface area is 167 Å². The minimum Gasteiger partial charge on any atom is -0.394 e. The van der Waals surface area contributed by atoms with Crippen LogP contribution in [0.1, 0.15) is 122 Å². The third-order valence-electron chi connectivity index (χ3n) is 5.41. The van der Waals surface area contributed by atoms with E-state index in [4.69, 9.17) is 5.11 Å². The van der Waals surface area contributed by atoms with E-state index in [0.29, 0.717) is 0 Å². The van der Waals surface area contributed by atoms with Gasteiger partial charge in [0.1, 0.15) is 12.2 Å². The molecular weight excluding hydrogens is 340 g/mol. The van der Waals surface area contributed by atoms with Gasteiger partial charge in [0, 0.05) is 6.42 Å². The highest BCUT2D eigenvalue weighted by atomic mass is 16.4. The normalized spacial score (nSPS) is 13.6. The number of Topliss-reactive ketones (excluding diaryl/α,β-unsaturated/α-hetero) is 1. The molecular formula is C23H46O4. The van der Waals surface area contributed by atoms with Crippen LogP contribution in [0.2, 0.25) is 0 Å². The predicted octanol–water partition coefficient (Wildman–Crippen LogP) is 5.31. The van der Waals surface area contributed by atoms with E-state index in [1.54, 1.807) is 0 Å². The molecule has 0 amide bonds. The number of hydrogen-bond donors (Lipinski definition) is 3. The highest BCUT2D eigenvalue weighted by molar-refractivity contribution is 5.83. The van der Waals surface area contributed by atoms with E-state index in [2.05, 4.69) is 6.92 Å². The quantitative estimate of drug-likeness (QED) is 0.234. The zero-order valence-corrected chi connectivity index (χ0v) is 17.8. The molecule has 3 N–H and O–H groups in total. The lowest BCUT2D eigenvalue weighted by molar-refractivity contribution is -0.134. The summed E-state index contributed by atoms with van der Waals surface area (Å²) in [6.07, 6.45) is 19.5. The third kappa shape index (κ3) is 17.4. The number of carbonyl (C=O) groups excluding carboxylic acids is 1. The first-order valence-electron chi connectivity index (χ1n) is 11.6. The van der Waals surface area contributed by atoms with Crippen molar-refractivity contribution in [3.05, 3.63) is 0 Å². The van der Waals surface area contributed by atoms with E-state index in [9.17, 15) is 15.0 Å². The predicted molar refractivity (Wildman–Crippen MR) is 113 cm³/mol. The van der Waals surface area contributed by atoms with E-state index >= 15 is 0 Å². The summed E-state index contributed by atoms with van der Waals surface area (Å²) in [5, 5.41) is 27.4. The molecule has 0 bridgehead atoms. The van der Waals surface area contributed by atoms with Gasteiger partial charge in [0.2, 0.25) is 0 Å². The molecule has 0 saturated carbocycles. The molecule has 2 unspecified atom stereocenters. The van der Waals surface area contributed by atoms with Gasteiger partial charge in [0.15, 0.2) is 5.78 Å². The highest BCUT2D eigenvalue weighted by Gasteiger charge is 2.22. The second kappa shape index (κ2) is 20.3. The minimum atomic E-state index is -1.43. The van der Waals surface area contributed by atoms with E-state index < -0.39 is 18.8 Å². The largest absolute Gasteiger partial charge is 0.394 e. The first kappa shape index (κ1) is 26.6. The molecule has 0 radical (unpaired) electrons. The van der Waals surface area contributed by atoms with Crippen LogP contribution in [0.15, 0.2) is 0 Å². The van der Waals surface area contributed by atoms with E-state index in [1.807, 2.05) is 0 Å². The summed E-state index contributed by atoms with van der Waals surface area (Å²) in [6.45, 7) is 1.69. The Kier molecular flexibility index (Phi) is 20.0. The molecule has 0 aliphatic heterocycles. The number of hydrogen-bond acceptors (Lipinski definition) is 4. The van der Waals surface area contributed by atoms with Crippen molar-refractivity contribution in [2.75, 3.05) is 6.61 Å². The summed E-state index contributed by atoms with van der Waals surface area (Å²) in [5.74, 6) is -0.363. The summed E-state index contributed by atoms with van der Waals surface area (Å²) in [6, 6.07) is 0. The second-order valence-corrected chi connectivity index (χ2v) is 8.07. The Morgan fingerprint density at radius 3 is 1.30 bits per heavy atom. The molecule has 0 aromatic carbocycles. The van der Waals surface area contributed by atoms with Gasteiger partial charge in [-0.3, -0.25) is 4.79 Å². The monoisotopic (exact) mass is 386 g/mol. The number of ketones is 1. The number of aliphatic hydroxyl groups excluding tert-OH is 3. The van der Waals surface area contributed by atoms with Crippen molar-refractivity contribution in [2.45, 2.75) is 135 Å². The fraction of sp³-hybridized carbons (Fsp3) is 0.957. The first-order chi connectivity index (χ1) is 13.1. The molecule has 0 aliphatic rings. The van der Waals surface area contributed by atoms with Crippen molar-refractivity contribution < 1.29 is 20.1 Å². The molecule has 27 heavy (non-hydrogen) atoms. The van der Waals surface area contributed by atoms with Crippen LogP contribution in [0.4, 0.5) is 0 Å². The molecule has 4 heteroatoms. The molecule has 0 spiro atoms. The number of carbonyl (C=O) groups is 1. The van der Waals surface area contributed by atoms with Gasteiger partial charge in [-0.1, -0.05) is 110 Å². The van der Waals surface area contributed by atoms with Crippen LogP contribution >= 0.6 is 0 Å². The molecule has 4 nitrogen and oxygen atoms in total. The fourth-order valence-corrected chi connectivity index (χ4v) is 3.49. The number of aliphatic hydroxyl groups is 3. The molecule has 0 aromatic heterocycles. The van der Waals surface area contributed by atoms with Gasteiger partial charge >= 0.3 is 0 Å². The molecule has 0 rings (SSSR count). The van der Waals surface area contributed by atoms with E-state index in [-0.39, 0.29) is 12.2 Å². The van der Waals surface area contributed by atoms with Crippen molar-refractivity contribution in [3.8, 4) is 0 Å². The second-order valence-electron chi connectivity index (χ2n) is 8.07. The first-order valence-corrected chi connectivity index (χ1v) is 11.6. The average molecular weight is 387 g/mol.